The molecule has 192 valence electrons. The van der Waals surface area contributed by atoms with Crippen LogP contribution in [0.3, 0.4) is 0 Å². The van der Waals surface area contributed by atoms with Gasteiger partial charge in [0.05, 0.1) is 30.6 Å². The summed E-state index contributed by atoms with van der Waals surface area (Å²) in [4.78, 5) is 14.2. The van der Waals surface area contributed by atoms with Crippen LogP contribution in [0.5, 0.6) is 0 Å². The lowest BCUT2D eigenvalue weighted by atomic mass is 9.81. The lowest BCUT2D eigenvalue weighted by molar-refractivity contribution is -0.138. The van der Waals surface area contributed by atoms with Crippen LogP contribution < -0.4 is 10.0 Å². The third kappa shape index (κ3) is 7.08. The molecule has 7 nitrogen and oxygen atoms in total. The summed E-state index contributed by atoms with van der Waals surface area (Å²) in [5, 5.41) is 2.77. The number of likely N-dealkylation sites (tertiary alicyclic amines) is 1. The fourth-order valence-corrected chi connectivity index (χ4v) is 5.89. The number of amides is 2. The molecule has 0 spiro atoms. The van der Waals surface area contributed by atoms with Crippen LogP contribution in [0.25, 0.3) is 0 Å². The molecular formula is C23H34F3N3O4S. The van der Waals surface area contributed by atoms with Crippen molar-refractivity contribution in [3.05, 3.63) is 35.4 Å². The molecule has 0 unspecified atom stereocenters. The molecule has 1 saturated carbocycles. The first-order chi connectivity index (χ1) is 16.0. The summed E-state index contributed by atoms with van der Waals surface area (Å²) in [6, 6.07) is 4.56. The molecule has 3 rings (SSSR count). The molecule has 0 radical (unpaired) electrons. The van der Waals surface area contributed by atoms with Crippen molar-refractivity contribution < 1.29 is 31.1 Å². The number of nitrogens with zero attached hydrogens (tertiary/aromatic N) is 1. The maximum Gasteiger partial charge on any atom is 0.416 e. The first-order valence-electron chi connectivity index (χ1n) is 11.8. The van der Waals surface area contributed by atoms with Crippen molar-refractivity contribution in [1.29, 1.82) is 0 Å². The summed E-state index contributed by atoms with van der Waals surface area (Å²) in [7, 11) is -3.47. The molecule has 2 aliphatic rings. The van der Waals surface area contributed by atoms with Crippen LogP contribution in [0, 0.1) is 0 Å². The van der Waals surface area contributed by atoms with E-state index < -0.39 is 33.8 Å². The number of rotatable bonds is 7. The molecule has 0 bridgehead atoms. The predicted molar refractivity (Wildman–Crippen MR) is 123 cm³/mol. The number of nitrogens with one attached hydrogen (secondary N) is 2. The van der Waals surface area contributed by atoms with Gasteiger partial charge in [-0.25, -0.2) is 17.9 Å². The fraction of sp³-hybridized carbons (Fsp3) is 0.696. The van der Waals surface area contributed by atoms with Gasteiger partial charge in [-0.15, -0.1) is 0 Å². The number of urea groups is 1. The maximum absolute atomic E-state index is 13.4. The van der Waals surface area contributed by atoms with Crippen molar-refractivity contribution in [3.63, 3.8) is 0 Å². The Kier molecular flexibility index (Phi) is 8.86. The fourth-order valence-electron chi connectivity index (χ4n) is 5.07. The summed E-state index contributed by atoms with van der Waals surface area (Å²) < 4.78 is 72.7. The lowest BCUT2D eigenvalue weighted by Gasteiger charge is -2.42. The Balaban J connectivity index is 1.63. The second kappa shape index (κ2) is 11.3. The van der Waals surface area contributed by atoms with Gasteiger partial charge < -0.3 is 15.0 Å². The standard InChI is InChI=1S/C23H34F3N3O4S/c1-3-27-22(30)29-14-6-9-20(28-34(2,31)32)21(29)15-33-17-12-10-16(11-13-17)18-7-4-5-8-19(18)23(24,25)26/h4-5,7-8,16-17,20-21,28H,3,6,9-15H2,1-2H3,(H,27,30)/t16?,17?,20-,21-/m0/s1. The van der Waals surface area contributed by atoms with Gasteiger partial charge in [-0.3, -0.25) is 0 Å². The SMILES string of the molecule is CCNC(=O)N1CCC[C@H](NS(C)(=O)=O)[C@@H]1COC1CCC(c2ccccc2C(F)(F)F)CC1. The lowest BCUT2D eigenvalue weighted by Crippen LogP contribution is -2.60. The average Bonchev–Trinajstić information content (AvgIpc) is 2.77. The largest absolute Gasteiger partial charge is 0.416 e. The first kappa shape index (κ1) is 26.7. The Hall–Kier alpha value is -1.85. The minimum atomic E-state index is -4.38. The molecule has 1 saturated heterocycles. The predicted octanol–water partition coefficient (Wildman–Crippen LogP) is 3.86. The normalized spacial score (nSPS) is 26.3. The van der Waals surface area contributed by atoms with E-state index in [1.54, 1.807) is 17.0 Å². The van der Waals surface area contributed by atoms with Crippen molar-refractivity contribution in [2.45, 2.75) is 75.7 Å². The van der Waals surface area contributed by atoms with Gasteiger partial charge in [0.25, 0.3) is 0 Å². The second-order valence-electron chi connectivity index (χ2n) is 9.13. The zero-order valence-electron chi connectivity index (χ0n) is 19.6. The van der Waals surface area contributed by atoms with Crippen LogP contribution in [0.2, 0.25) is 0 Å². The smallest absolute Gasteiger partial charge is 0.376 e. The van der Waals surface area contributed by atoms with Crippen LogP contribution in [-0.4, -0.2) is 63.5 Å². The summed E-state index contributed by atoms with van der Waals surface area (Å²) >= 11 is 0. The number of hydrogen-bond acceptors (Lipinski definition) is 4. The van der Waals surface area contributed by atoms with Crippen molar-refractivity contribution in [2.24, 2.45) is 0 Å². The number of hydrogen-bond donors (Lipinski definition) is 2. The number of carbonyl (C=O) groups is 1. The van der Waals surface area contributed by atoms with E-state index in [4.69, 9.17) is 4.74 Å². The van der Waals surface area contributed by atoms with Gasteiger partial charge in [0, 0.05) is 19.1 Å². The molecule has 2 N–H and O–H groups in total. The molecule has 1 aromatic rings. The van der Waals surface area contributed by atoms with Crippen LogP contribution in [-0.2, 0) is 20.9 Å². The van der Waals surface area contributed by atoms with Gasteiger partial charge >= 0.3 is 12.2 Å². The van der Waals surface area contributed by atoms with Crippen LogP contribution >= 0.6 is 0 Å². The highest BCUT2D eigenvalue weighted by atomic mass is 32.2. The maximum atomic E-state index is 13.4. The molecular weight excluding hydrogens is 471 g/mol. The molecule has 0 aromatic heterocycles. The Morgan fingerprint density at radius 1 is 1.15 bits per heavy atom. The molecule has 1 heterocycles. The van der Waals surface area contributed by atoms with E-state index in [0.717, 1.165) is 12.3 Å². The van der Waals surface area contributed by atoms with E-state index in [9.17, 15) is 26.4 Å². The number of halogens is 3. The third-order valence-electron chi connectivity index (χ3n) is 6.62. The average molecular weight is 506 g/mol. The van der Waals surface area contributed by atoms with E-state index >= 15 is 0 Å². The number of sulfonamides is 1. The third-order valence-corrected chi connectivity index (χ3v) is 7.35. The van der Waals surface area contributed by atoms with E-state index in [1.165, 1.54) is 6.07 Å². The highest BCUT2D eigenvalue weighted by Gasteiger charge is 2.38. The van der Waals surface area contributed by atoms with E-state index in [0.29, 0.717) is 57.2 Å². The van der Waals surface area contributed by atoms with Crippen molar-refractivity contribution >= 4 is 16.1 Å². The first-order valence-corrected chi connectivity index (χ1v) is 13.7. The Labute approximate surface area is 199 Å². The molecule has 1 aliphatic carbocycles. The van der Waals surface area contributed by atoms with Crippen molar-refractivity contribution in [2.75, 3.05) is 26.0 Å². The molecule has 2 atom stereocenters. The molecule has 2 fully saturated rings. The highest BCUT2D eigenvalue weighted by Crippen LogP contribution is 2.41. The van der Waals surface area contributed by atoms with Crippen molar-refractivity contribution in [1.82, 2.24) is 14.9 Å². The van der Waals surface area contributed by atoms with E-state index in [2.05, 4.69) is 10.0 Å². The molecule has 1 aromatic carbocycles. The van der Waals surface area contributed by atoms with E-state index in [1.807, 2.05) is 6.92 Å². The zero-order chi connectivity index (χ0) is 24.9. The summed E-state index contributed by atoms with van der Waals surface area (Å²) in [6.07, 6.45) is 0.199. The molecule has 11 heteroatoms. The monoisotopic (exact) mass is 505 g/mol. The Morgan fingerprint density at radius 2 is 1.82 bits per heavy atom. The number of piperidine rings is 1. The quantitative estimate of drug-likeness (QED) is 0.589. The van der Waals surface area contributed by atoms with Gasteiger partial charge in [-0.05, 0) is 63.0 Å². The van der Waals surface area contributed by atoms with Crippen LogP contribution in [0.4, 0.5) is 18.0 Å². The van der Waals surface area contributed by atoms with Crippen LogP contribution in [0.15, 0.2) is 24.3 Å². The summed E-state index contributed by atoms with van der Waals surface area (Å²) in [6.45, 7) is 2.94. The Bertz CT molecular complexity index is 934. The summed E-state index contributed by atoms with van der Waals surface area (Å²) in [5.74, 6) is -0.182. The number of carbonyl (C=O) groups excluding carboxylic acids is 1. The van der Waals surface area contributed by atoms with Crippen molar-refractivity contribution in [3.8, 4) is 0 Å². The summed E-state index contributed by atoms with van der Waals surface area (Å²) in [5.41, 5.74) is -0.241. The molecule has 1 aliphatic heterocycles. The zero-order valence-corrected chi connectivity index (χ0v) is 20.4. The minimum Gasteiger partial charge on any atom is -0.376 e. The number of benzene rings is 1. The second-order valence-corrected chi connectivity index (χ2v) is 10.9. The molecule has 34 heavy (non-hydrogen) atoms. The number of ether oxygens (including phenoxy) is 1. The van der Waals surface area contributed by atoms with Crippen LogP contribution in [0.1, 0.15) is 62.5 Å². The minimum absolute atomic E-state index is 0.147. The topological polar surface area (TPSA) is 87.7 Å². The number of alkyl halides is 3. The van der Waals surface area contributed by atoms with Gasteiger partial charge in [-0.1, -0.05) is 18.2 Å². The van der Waals surface area contributed by atoms with E-state index in [-0.39, 0.29) is 24.7 Å². The van der Waals surface area contributed by atoms with Gasteiger partial charge in [-0.2, -0.15) is 13.2 Å². The Morgan fingerprint density at radius 3 is 2.44 bits per heavy atom. The molecule has 2 amide bonds. The van der Waals surface area contributed by atoms with Gasteiger partial charge in [0.1, 0.15) is 0 Å². The van der Waals surface area contributed by atoms with Gasteiger partial charge in [0.15, 0.2) is 0 Å². The highest BCUT2D eigenvalue weighted by molar-refractivity contribution is 7.88. The van der Waals surface area contributed by atoms with Gasteiger partial charge in [0.2, 0.25) is 10.0 Å².